The Morgan fingerprint density at radius 2 is 1.82 bits per heavy atom. The van der Waals surface area contributed by atoms with Gasteiger partial charge in [-0.2, -0.15) is 0 Å². The number of aromatic nitrogens is 1. The number of urea groups is 1. The van der Waals surface area contributed by atoms with Crippen LogP contribution in [-0.4, -0.2) is 16.9 Å². The molecule has 0 saturated heterocycles. The molecular weight excluding hydrogens is 396 g/mol. The zero-order valence-corrected chi connectivity index (χ0v) is 16.9. The van der Waals surface area contributed by atoms with Gasteiger partial charge in [-0.25, -0.2) is 9.78 Å². The summed E-state index contributed by atoms with van der Waals surface area (Å²) in [5, 5.41) is 9.06. The molecule has 0 radical (unpaired) electrons. The largest absolute Gasteiger partial charge is 0.347 e. The molecule has 0 aliphatic heterocycles. The van der Waals surface area contributed by atoms with Crippen molar-refractivity contribution in [1.29, 1.82) is 0 Å². The molecule has 0 saturated carbocycles. The van der Waals surface area contributed by atoms with Gasteiger partial charge >= 0.3 is 6.03 Å². The maximum atomic E-state index is 12.4. The molecule has 8 heteroatoms. The van der Waals surface area contributed by atoms with Gasteiger partial charge in [0, 0.05) is 17.3 Å². The second kappa shape index (κ2) is 8.86. The summed E-state index contributed by atoms with van der Waals surface area (Å²) in [5.74, 6) is -0.223. The number of nitrogens with one attached hydrogen (secondary N) is 3. The van der Waals surface area contributed by atoms with Crippen LogP contribution < -0.4 is 16.0 Å². The molecule has 3 N–H and O–H groups in total. The molecule has 3 aromatic rings. The second-order valence-electron chi connectivity index (χ2n) is 6.19. The van der Waals surface area contributed by atoms with Crippen LogP contribution in [0.5, 0.6) is 0 Å². The molecule has 6 nitrogen and oxygen atoms in total. The van der Waals surface area contributed by atoms with E-state index < -0.39 is 6.03 Å². The summed E-state index contributed by atoms with van der Waals surface area (Å²) in [5.41, 5.74) is 3.30. The lowest BCUT2D eigenvalue weighted by Crippen LogP contribution is -2.22. The van der Waals surface area contributed by atoms with Crippen molar-refractivity contribution in [2.24, 2.45) is 0 Å². The van der Waals surface area contributed by atoms with Gasteiger partial charge in [0.2, 0.25) is 0 Å². The van der Waals surface area contributed by atoms with Crippen LogP contribution in [0.3, 0.4) is 0 Å². The van der Waals surface area contributed by atoms with Crippen molar-refractivity contribution < 1.29 is 9.59 Å². The second-order valence-corrected chi connectivity index (χ2v) is 7.63. The summed E-state index contributed by atoms with van der Waals surface area (Å²) in [6.07, 6.45) is 0. The standard InChI is InChI=1S/C20H19ClN4O2S/c1-12-6-8-14(9-7-12)11-22-18(26)17-13(2)23-20(28-17)25-19(27)24-16-5-3-4-15(21)10-16/h3-10H,11H2,1-2H3,(H,22,26)(H2,23,24,25,27). The van der Waals surface area contributed by atoms with Crippen LogP contribution in [0.2, 0.25) is 5.02 Å². The van der Waals surface area contributed by atoms with Gasteiger partial charge in [0.1, 0.15) is 4.88 Å². The van der Waals surface area contributed by atoms with Gasteiger partial charge < -0.3 is 10.6 Å². The van der Waals surface area contributed by atoms with Crippen molar-refractivity contribution in [1.82, 2.24) is 10.3 Å². The predicted molar refractivity (Wildman–Crippen MR) is 113 cm³/mol. The first-order valence-corrected chi connectivity index (χ1v) is 9.75. The molecule has 0 aliphatic carbocycles. The normalized spacial score (nSPS) is 10.4. The van der Waals surface area contributed by atoms with E-state index in [0.29, 0.717) is 33.0 Å². The van der Waals surface area contributed by atoms with Crippen molar-refractivity contribution in [3.63, 3.8) is 0 Å². The molecule has 0 atom stereocenters. The van der Waals surface area contributed by atoms with Gasteiger partial charge in [0.25, 0.3) is 5.91 Å². The third kappa shape index (κ3) is 5.31. The van der Waals surface area contributed by atoms with Gasteiger partial charge in [-0.15, -0.1) is 0 Å². The number of amides is 3. The van der Waals surface area contributed by atoms with Crippen molar-refractivity contribution in [3.05, 3.63) is 75.3 Å². The molecule has 0 aliphatic rings. The van der Waals surface area contributed by atoms with Gasteiger partial charge in [0.05, 0.1) is 5.69 Å². The van der Waals surface area contributed by atoms with Crippen LogP contribution in [-0.2, 0) is 6.54 Å². The lowest BCUT2D eigenvalue weighted by molar-refractivity contribution is 0.0954. The Morgan fingerprint density at radius 3 is 2.54 bits per heavy atom. The van der Waals surface area contributed by atoms with E-state index >= 15 is 0 Å². The van der Waals surface area contributed by atoms with E-state index in [9.17, 15) is 9.59 Å². The van der Waals surface area contributed by atoms with Gasteiger partial charge in [-0.05, 0) is 37.6 Å². The van der Waals surface area contributed by atoms with E-state index in [4.69, 9.17) is 11.6 Å². The van der Waals surface area contributed by atoms with Crippen LogP contribution in [0.4, 0.5) is 15.6 Å². The first-order chi connectivity index (χ1) is 13.4. The number of carbonyl (C=O) groups excluding carboxylic acids is 2. The summed E-state index contributed by atoms with van der Waals surface area (Å²) >= 11 is 7.03. The van der Waals surface area contributed by atoms with E-state index in [-0.39, 0.29) is 5.91 Å². The molecule has 1 heterocycles. The Labute approximate surface area is 172 Å². The van der Waals surface area contributed by atoms with Crippen LogP contribution in [0.15, 0.2) is 48.5 Å². The highest BCUT2D eigenvalue weighted by molar-refractivity contribution is 7.17. The van der Waals surface area contributed by atoms with Gasteiger partial charge in [-0.1, -0.05) is 58.8 Å². The smallest absolute Gasteiger partial charge is 0.325 e. The highest BCUT2D eigenvalue weighted by atomic mass is 35.5. The molecule has 0 fully saturated rings. The molecule has 0 spiro atoms. The van der Waals surface area contributed by atoms with Crippen molar-refractivity contribution in [3.8, 4) is 0 Å². The number of thiazole rings is 1. The number of rotatable bonds is 5. The molecule has 0 unspecified atom stereocenters. The first-order valence-electron chi connectivity index (χ1n) is 8.55. The first kappa shape index (κ1) is 19.9. The van der Waals surface area contributed by atoms with Crippen LogP contribution in [0.25, 0.3) is 0 Å². The summed E-state index contributed by atoms with van der Waals surface area (Å²) in [7, 11) is 0. The van der Waals surface area contributed by atoms with Crippen molar-refractivity contribution in [2.45, 2.75) is 20.4 Å². The maximum Gasteiger partial charge on any atom is 0.325 e. The zero-order chi connectivity index (χ0) is 20.1. The summed E-state index contributed by atoms with van der Waals surface area (Å²) in [6, 6.07) is 14.3. The van der Waals surface area contributed by atoms with E-state index in [2.05, 4.69) is 20.9 Å². The summed E-state index contributed by atoms with van der Waals surface area (Å²) < 4.78 is 0. The molecule has 0 bridgehead atoms. The topological polar surface area (TPSA) is 83.1 Å². The van der Waals surface area contributed by atoms with Crippen LogP contribution in [0.1, 0.15) is 26.5 Å². The minimum atomic E-state index is -0.456. The number of aryl methyl sites for hydroxylation is 2. The van der Waals surface area contributed by atoms with E-state index in [1.54, 1.807) is 31.2 Å². The quantitative estimate of drug-likeness (QED) is 0.550. The number of carbonyl (C=O) groups is 2. The van der Waals surface area contributed by atoms with Crippen LogP contribution >= 0.6 is 22.9 Å². The predicted octanol–water partition coefficient (Wildman–Crippen LogP) is 4.99. The third-order valence-electron chi connectivity index (χ3n) is 3.88. The van der Waals surface area contributed by atoms with Gasteiger partial charge in [0.15, 0.2) is 5.13 Å². The highest BCUT2D eigenvalue weighted by Crippen LogP contribution is 2.23. The number of benzene rings is 2. The summed E-state index contributed by atoms with van der Waals surface area (Å²) in [4.78, 5) is 29.3. The lowest BCUT2D eigenvalue weighted by Gasteiger charge is -2.05. The number of nitrogens with zero attached hydrogens (tertiary/aromatic N) is 1. The molecule has 2 aromatic carbocycles. The maximum absolute atomic E-state index is 12.4. The Morgan fingerprint density at radius 1 is 1.07 bits per heavy atom. The lowest BCUT2D eigenvalue weighted by atomic mass is 10.1. The van der Waals surface area contributed by atoms with Crippen molar-refractivity contribution in [2.75, 3.05) is 10.6 Å². The highest BCUT2D eigenvalue weighted by Gasteiger charge is 2.16. The fraction of sp³-hybridized carbons (Fsp3) is 0.150. The minimum Gasteiger partial charge on any atom is -0.347 e. The average Bonchev–Trinajstić information content (AvgIpc) is 3.01. The SMILES string of the molecule is Cc1ccc(CNC(=O)c2sc(NC(=O)Nc3cccc(Cl)c3)nc2C)cc1. The number of halogens is 1. The van der Waals surface area contributed by atoms with Crippen LogP contribution in [0, 0.1) is 13.8 Å². The number of anilines is 2. The zero-order valence-electron chi connectivity index (χ0n) is 15.4. The Bertz CT molecular complexity index is 1000. The van der Waals surface area contributed by atoms with E-state index in [1.807, 2.05) is 31.2 Å². The fourth-order valence-electron chi connectivity index (χ4n) is 2.45. The average molecular weight is 415 g/mol. The Kier molecular flexibility index (Phi) is 6.28. The van der Waals surface area contributed by atoms with E-state index in [1.165, 1.54) is 5.56 Å². The number of hydrogen-bond donors (Lipinski definition) is 3. The molecule has 3 rings (SSSR count). The molecule has 144 valence electrons. The Balaban J connectivity index is 1.59. The monoisotopic (exact) mass is 414 g/mol. The molecule has 28 heavy (non-hydrogen) atoms. The third-order valence-corrected chi connectivity index (χ3v) is 5.19. The number of hydrogen-bond acceptors (Lipinski definition) is 4. The minimum absolute atomic E-state index is 0.223. The van der Waals surface area contributed by atoms with Gasteiger partial charge in [-0.3, -0.25) is 10.1 Å². The molecular formula is C20H19ClN4O2S. The summed E-state index contributed by atoms with van der Waals surface area (Å²) in [6.45, 7) is 4.17. The molecule has 3 amide bonds. The van der Waals surface area contributed by atoms with E-state index in [0.717, 1.165) is 16.9 Å². The Hall–Kier alpha value is -2.90. The fourth-order valence-corrected chi connectivity index (χ4v) is 3.52. The molecule has 1 aromatic heterocycles. The van der Waals surface area contributed by atoms with Crippen molar-refractivity contribution >= 4 is 45.7 Å².